The quantitative estimate of drug-likeness (QED) is 0.124. The number of aliphatic hydroxyl groups is 1. The van der Waals surface area contributed by atoms with Crippen molar-refractivity contribution >= 4 is 32.0 Å². The Morgan fingerprint density at radius 3 is 2.07 bits per heavy atom. The molecule has 42 heavy (non-hydrogen) atoms. The van der Waals surface area contributed by atoms with Crippen LogP contribution in [-0.2, 0) is 47.2 Å². The second-order valence-corrected chi connectivity index (χ2v) is 15.8. The summed E-state index contributed by atoms with van der Waals surface area (Å²) in [5.74, 6) is -1.35. The minimum Gasteiger partial charge on any atom is -0.463 e. The van der Waals surface area contributed by atoms with Crippen LogP contribution in [0.1, 0.15) is 47.8 Å². The average Bonchev–Trinajstić information content (AvgIpc) is 3.18. The van der Waals surface area contributed by atoms with E-state index in [0.717, 1.165) is 4.57 Å². The predicted octanol–water partition coefficient (Wildman–Crippen LogP) is 1.31. The first-order valence-corrected chi connectivity index (χ1v) is 16.4. The second kappa shape index (κ2) is 15.7. The Morgan fingerprint density at radius 1 is 1.05 bits per heavy atom. The first-order valence-electron chi connectivity index (χ1n) is 13.5. The third kappa shape index (κ3) is 10.5. The molecular weight excluding hydrogens is 574 g/mol. The van der Waals surface area contributed by atoms with Gasteiger partial charge in [-0.25, -0.2) is 4.79 Å². The molecule has 1 aromatic heterocycles. The standard InChI is InChI=1S/C26H43N3O12Si/c1-16(31)27-20-9-10-29(24(34)28-20)23-22(21(19(15-30)39-23)41-42(7,8)26(4,5)6)40-25(37-13-11-35-17(2)32)38-14-12-36-18(3)33/h9-10,19,21-23,25,30H,11-15H2,1-8H3,(H,27,28,31,34)/t19-,21?,22?,23-/m1/s1. The molecule has 238 valence electrons. The molecule has 2 N–H and O–H groups in total. The third-order valence-corrected chi connectivity index (χ3v) is 11.1. The third-order valence-electron chi connectivity index (χ3n) is 6.66. The molecule has 2 heterocycles. The zero-order valence-electron chi connectivity index (χ0n) is 25.4. The summed E-state index contributed by atoms with van der Waals surface area (Å²) in [5.41, 5.74) is -0.757. The molecule has 4 atom stereocenters. The number of amides is 1. The van der Waals surface area contributed by atoms with E-state index < -0.39 is 69.5 Å². The van der Waals surface area contributed by atoms with Crippen LogP contribution in [0.25, 0.3) is 0 Å². The molecule has 0 spiro atoms. The van der Waals surface area contributed by atoms with Crippen molar-refractivity contribution in [2.45, 2.75) is 90.7 Å². The Labute approximate surface area is 245 Å². The molecule has 1 aliphatic heterocycles. The molecule has 1 aromatic rings. The van der Waals surface area contributed by atoms with Crippen LogP contribution in [0.3, 0.4) is 0 Å². The molecule has 16 heteroatoms. The zero-order chi connectivity index (χ0) is 31.7. The summed E-state index contributed by atoms with van der Waals surface area (Å²) in [6.45, 7) is 11.7. The number of hydrogen-bond acceptors (Lipinski definition) is 13. The smallest absolute Gasteiger partial charge is 0.351 e. The molecule has 0 aromatic carbocycles. The topological polar surface area (TPSA) is 183 Å². The van der Waals surface area contributed by atoms with Crippen LogP contribution < -0.4 is 11.0 Å². The molecule has 2 rings (SSSR count). The van der Waals surface area contributed by atoms with Crippen LogP contribution in [0.4, 0.5) is 5.82 Å². The maximum absolute atomic E-state index is 13.0. The fraction of sp³-hybridized carbons (Fsp3) is 0.731. The number of ether oxygens (including phenoxy) is 6. The Balaban J connectivity index is 2.45. The minimum atomic E-state index is -2.50. The van der Waals surface area contributed by atoms with Gasteiger partial charge in [0.25, 0.3) is 6.48 Å². The summed E-state index contributed by atoms with van der Waals surface area (Å²) in [6.07, 6.45) is -2.63. The number of aliphatic hydroxyl groups excluding tert-OH is 1. The van der Waals surface area contributed by atoms with Gasteiger partial charge < -0.3 is 43.3 Å². The lowest BCUT2D eigenvalue weighted by Crippen LogP contribution is -2.51. The van der Waals surface area contributed by atoms with E-state index in [1.165, 1.54) is 33.0 Å². The molecule has 0 radical (unpaired) electrons. The van der Waals surface area contributed by atoms with Gasteiger partial charge in [0.05, 0.1) is 19.8 Å². The van der Waals surface area contributed by atoms with Gasteiger partial charge >= 0.3 is 17.6 Å². The van der Waals surface area contributed by atoms with E-state index in [4.69, 9.17) is 32.8 Å². The van der Waals surface area contributed by atoms with E-state index in [-0.39, 0.29) is 37.3 Å². The van der Waals surface area contributed by atoms with Crippen molar-refractivity contribution in [3.8, 4) is 0 Å². The predicted molar refractivity (Wildman–Crippen MR) is 150 cm³/mol. The van der Waals surface area contributed by atoms with Crippen molar-refractivity contribution in [1.82, 2.24) is 9.55 Å². The Hall–Kier alpha value is -2.73. The highest BCUT2D eigenvalue weighted by molar-refractivity contribution is 6.74. The number of aromatic nitrogens is 2. The number of carbonyl (C=O) groups is 3. The van der Waals surface area contributed by atoms with E-state index in [0.29, 0.717) is 0 Å². The van der Waals surface area contributed by atoms with Gasteiger partial charge in [-0.3, -0.25) is 19.0 Å². The molecule has 1 aliphatic rings. The van der Waals surface area contributed by atoms with Gasteiger partial charge in [0.2, 0.25) is 5.91 Å². The highest BCUT2D eigenvalue weighted by atomic mass is 28.4. The normalized spacial score (nSPS) is 20.9. The van der Waals surface area contributed by atoms with Gasteiger partial charge in [0.1, 0.15) is 37.3 Å². The number of rotatable bonds is 15. The largest absolute Gasteiger partial charge is 0.463 e. The van der Waals surface area contributed by atoms with Gasteiger partial charge in [-0.05, 0) is 24.2 Å². The summed E-state index contributed by atoms with van der Waals surface area (Å²) in [6, 6.07) is 1.42. The van der Waals surface area contributed by atoms with Gasteiger partial charge in [-0.2, -0.15) is 4.98 Å². The van der Waals surface area contributed by atoms with Crippen LogP contribution in [0.15, 0.2) is 17.1 Å². The SMILES string of the molecule is CC(=O)Nc1ccn([C@@H]2O[C@H](CO)C(O[Si](C)(C)C(C)(C)C)C2OC(OCCOC(C)=O)OCCOC(C)=O)c(=O)n1. The lowest BCUT2D eigenvalue weighted by molar-refractivity contribution is -0.320. The zero-order valence-corrected chi connectivity index (χ0v) is 26.4. The molecule has 1 fully saturated rings. The number of nitrogens with one attached hydrogen (secondary N) is 1. The van der Waals surface area contributed by atoms with Crippen LogP contribution in [-0.4, -0.2) is 98.6 Å². The van der Waals surface area contributed by atoms with Crippen molar-refractivity contribution in [1.29, 1.82) is 0 Å². The van der Waals surface area contributed by atoms with Crippen molar-refractivity contribution < 1.29 is 52.3 Å². The summed E-state index contributed by atoms with van der Waals surface area (Å²) < 4.78 is 41.3. The molecule has 0 bridgehead atoms. The molecular formula is C26H43N3O12Si. The molecule has 1 amide bonds. The highest BCUT2D eigenvalue weighted by Gasteiger charge is 2.52. The molecule has 1 saturated heterocycles. The summed E-state index contributed by atoms with van der Waals surface area (Å²) in [7, 11) is -2.50. The monoisotopic (exact) mass is 617 g/mol. The van der Waals surface area contributed by atoms with Crippen LogP contribution in [0.2, 0.25) is 18.1 Å². The highest BCUT2D eigenvalue weighted by Crippen LogP contribution is 2.42. The number of carbonyl (C=O) groups excluding carboxylic acids is 3. The van der Waals surface area contributed by atoms with Crippen LogP contribution >= 0.6 is 0 Å². The Bertz CT molecular complexity index is 1100. The lowest BCUT2D eigenvalue weighted by atomic mass is 10.1. The fourth-order valence-electron chi connectivity index (χ4n) is 3.65. The molecule has 0 aliphatic carbocycles. The average molecular weight is 618 g/mol. The first-order chi connectivity index (χ1) is 19.6. The summed E-state index contributed by atoms with van der Waals surface area (Å²) in [5, 5.41) is 12.5. The second-order valence-electron chi connectivity index (χ2n) is 11.1. The van der Waals surface area contributed by atoms with Gasteiger partial charge in [0.15, 0.2) is 14.5 Å². The van der Waals surface area contributed by atoms with E-state index >= 15 is 0 Å². The maximum atomic E-state index is 13.0. The minimum absolute atomic E-state index is 0.0486. The molecule has 2 unspecified atom stereocenters. The summed E-state index contributed by atoms with van der Waals surface area (Å²) in [4.78, 5) is 50.7. The van der Waals surface area contributed by atoms with Crippen molar-refractivity contribution in [3.63, 3.8) is 0 Å². The van der Waals surface area contributed by atoms with E-state index in [9.17, 15) is 24.3 Å². The van der Waals surface area contributed by atoms with Gasteiger partial charge in [0, 0.05) is 27.0 Å². The number of anilines is 1. The van der Waals surface area contributed by atoms with Crippen molar-refractivity contribution in [3.05, 3.63) is 22.7 Å². The lowest BCUT2D eigenvalue weighted by Gasteiger charge is -2.40. The summed E-state index contributed by atoms with van der Waals surface area (Å²) >= 11 is 0. The molecule has 0 saturated carbocycles. The van der Waals surface area contributed by atoms with E-state index in [1.807, 2.05) is 33.9 Å². The number of nitrogens with zero attached hydrogens (tertiary/aromatic N) is 2. The Morgan fingerprint density at radius 2 is 1.62 bits per heavy atom. The van der Waals surface area contributed by atoms with Crippen LogP contribution in [0, 0.1) is 0 Å². The number of esters is 2. The van der Waals surface area contributed by atoms with Crippen molar-refractivity contribution in [2.24, 2.45) is 0 Å². The fourth-order valence-corrected chi connectivity index (χ4v) is 4.97. The first kappa shape index (κ1) is 35.5. The van der Waals surface area contributed by atoms with Crippen molar-refractivity contribution in [2.75, 3.05) is 38.4 Å². The molecule has 15 nitrogen and oxygen atoms in total. The van der Waals surface area contributed by atoms with E-state index in [1.54, 1.807) is 0 Å². The van der Waals surface area contributed by atoms with Crippen LogP contribution in [0.5, 0.6) is 0 Å². The van der Waals surface area contributed by atoms with Gasteiger partial charge in [-0.15, -0.1) is 0 Å². The Kier molecular flexibility index (Phi) is 13.2. The van der Waals surface area contributed by atoms with E-state index in [2.05, 4.69) is 10.3 Å². The van der Waals surface area contributed by atoms with Gasteiger partial charge in [-0.1, -0.05) is 20.8 Å². The maximum Gasteiger partial charge on any atom is 0.351 e. The number of hydrogen-bond donors (Lipinski definition) is 2.